The number of nitrogens with zero attached hydrogens (tertiary/aromatic N) is 1. The lowest BCUT2D eigenvalue weighted by Crippen LogP contribution is -2.19. The fourth-order valence-electron chi connectivity index (χ4n) is 2.70. The molecule has 2 aromatic rings. The molecule has 0 unspecified atom stereocenters. The van der Waals surface area contributed by atoms with Crippen LogP contribution in [0, 0.1) is 5.82 Å². The Morgan fingerprint density at radius 1 is 1.10 bits per heavy atom. The number of hydrogen-bond acceptors (Lipinski definition) is 2. The average Bonchev–Trinajstić information content (AvgIpc) is 3.03. The molecule has 1 aliphatic rings. The third-order valence-electron chi connectivity index (χ3n) is 3.82. The molecule has 1 saturated heterocycles. The lowest BCUT2D eigenvalue weighted by Gasteiger charge is -2.22. The highest BCUT2D eigenvalue weighted by Crippen LogP contribution is 2.29. The predicted molar refractivity (Wildman–Crippen MR) is 89.3 cm³/mol. The summed E-state index contributed by atoms with van der Waals surface area (Å²) in [7, 11) is 0. The van der Waals surface area contributed by atoms with Crippen molar-refractivity contribution in [3.05, 3.63) is 58.3 Å². The van der Waals surface area contributed by atoms with Crippen LogP contribution in [-0.2, 0) is 6.54 Å². The molecule has 1 N–H and O–H groups in total. The Bertz CT molecular complexity index is 624. The molecule has 1 heterocycles. The van der Waals surface area contributed by atoms with Gasteiger partial charge < -0.3 is 10.2 Å². The summed E-state index contributed by atoms with van der Waals surface area (Å²) in [4.78, 5) is 2.42. The van der Waals surface area contributed by atoms with Gasteiger partial charge in [-0.15, -0.1) is 0 Å². The Labute approximate surface area is 133 Å². The molecule has 2 nitrogen and oxygen atoms in total. The molecule has 2 aromatic carbocycles. The smallest absolute Gasteiger partial charge is 0.137 e. The van der Waals surface area contributed by atoms with E-state index in [-0.39, 0.29) is 5.82 Å². The molecule has 4 heteroatoms. The van der Waals surface area contributed by atoms with E-state index in [0.29, 0.717) is 11.0 Å². The predicted octanol–water partition coefficient (Wildman–Crippen LogP) is 4.80. The zero-order chi connectivity index (χ0) is 14.7. The van der Waals surface area contributed by atoms with Crippen molar-refractivity contribution in [2.45, 2.75) is 19.4 Å². The van der Waals surface area contributed by atoms with Crippen LogP contribution in [0.1, 0.15) is 18.4 Å². The van der Waals surface area contributed by atoms with Crippen molar-refractivity contribution in [2.75, 3.05) is 23.3 Å². The lowest BCUT2D eigenvalue weighted by atomic mass is 10.2. The summed E-state index contributed by atoms with van der Waals surface area (Å²) in [6.07, 6.45) is 2.53. The maximum absolute atomic E-state index is 13.3. The minimum atomic E-state index is -0.226. The van der Waals surface area contributed by atoms with Crippen molar-refractivity contribution in [2.24, 2.45) is 0 Å². The quantitative estimate of drug-likeness (QED) is 0.853. The molecule has 21 heavy (non-hydrogen) atoms. The number of nitrogens with one attached hydrogen (secondary N) is 1. The molecule has 0 radical (unpaired) electrons. The third-order valence-corrected chi connectivity index (χ3v) is 4.43. The van der Waals surface area contributed by atoms with E-state index >= 15 is 0 Å². The minimum Gasteiger partial charge on any atom is -0.379 e. The highest BCUT2D eigenvalue weighted by molar-refractivity contribution is 9.10. The second-order valence-corrected chi connectivity index (χ2v) is 6.17. The first-order chi connectivity index (χ1) is 10.2. The van der Waals surface area contributed by atoms with Crippen LogP contribution in [0.25, 0.3) is 0 Å². The molecule has 0 amide bonds. The maximum Gasteiger partial charge on any atom is 0.137 e. The fourth-order valence-corrected chi connectivity index (χ4v) is 3.13. The molecule has 0 aliphatic carbocycles. The number of rotatable bonds is 4. The van der Waals surface area contributed by atoms with E-state index in [1.807, 2.05) is 18.2 Å². The molecule has 1 fully saturated rings. The maximum atomic E-state index is 13.3. The first kappa shape index (κ1) is 14.4. The van der Waals surface area contributed by atoms with Gasteiger partial charge in [-0.1, -0.05) is 18.2 Å². The van der Waals surface area contributed by atoms with Crippen molar-refractivity contribution in [1.29, 1.82) is 0 Å². The van der Waals surface area contributed by atoms with E-state index in [1.54, 1.807) is 0 Å². The van der Waals surface area contributed by atoms with E-state index in [1.165, 1.54) is 24.6 Å². The molecule has 0 atom stereocenters. The Hall–Kier alpha value is -1.55. The van der Waals surface area contributed by atoms with Crippen LogP contribution in [0.15, 0.2) is 46.9 Å². The van der Waals surface area contributed by atoms with E-state index in [4.69, 9.17) is 0 Å². The second kappa shape index (κ2) is 6.48. The summed E-state index contributed by atoms with van der Waals surface area (Å²) < 4.78 is 13.8. The monoisotopic (exact) mass is 348 g/mol. The number of anilines is 2. The third kappa shape index (κ3) is 3.38. The SMILES string of the molecule is Fc1ccc(CNc2ccccc2N2CCCC2)cc1Br. The van der Waals surface area contributed by atoms with Gasteiger partial charge in [0.25, 0.3) is 0 Å². The molecule has 0 spiro atoms. The first-order valence-corrected chi connectivity index (χ1v) is 8.05. The van der Waals surface area contributed by atoms with Gasteiger partial charge in [0.2, 0.25) is 0 Å². The van der Waals surface area contributed by atoms with Crippen LogP contribution in [0.5, 0.6) is 0 Å². The van der Waals surface area contributed by atoms with E-state index in [9.17, 15) is 4.39 Å². The van der Waals surface area contributed by atoms with Crippen LogP contribution < -0.4 is 10.2 Å². The van der Waals surface area contributed by atoms with Gasteiger partial charge in [0.05, 0.1) is 15.8 Å². The Morgan fingerprint density at radius 2 is 1.86 bits per heavy atom. The molecule has 110 valence electrons. The number of halogens is 2. The van der Waals surface area contributed by atoms with E-state index < -0.39 is 0 Å². The topological polar surface area (TPSA) is 15.3 Å². The molecule has 1 aliphatic heterocycles. The summed E-state index contributed by atoms with van der Waals surface area (Å²) in [5, 5.41) is 3.47. The van der Waals surface area contributed by atoms with Crippen LogP contribution in [-0.4, -0.2) is 13.1 Å². The normalized spacial score (nSPS) is 14.5. The minimum absolute atomic E-state index is 0.226. The molecule has 0 saturated carbocycles. The summed E-state index contributed by atoms with van der Waals surface area (Å²) in [5.41, 5.74) is 3.45. The van der Waals surface area contributed by atoms with Gasteiger partial charge in [0.1, 0.15) is 5.82 Å². The Morgan fingerprint density at radius 3 is 2.62 bits per heavy atom. The lowest BCUT2D eigenvalue weighted by molar-refractivity contribution is 0.620. The van der Waals surface area contributed by atoms with Crippen molar-refractivity contribution in [3.8, 4) is 0 Å². The Balaban J connectivity index is 1.74. The van der Waals surface area contributed by atoms with Gasteiger partial charge in [-0.2, -0.15) is 0 Å². The molecular formula is C17H18BrFN2. The van der Waals surface area contributed by atoms with Crippen molar-refractivity contribution >= 4 is 27.3 Å². The number of hydrogen-bond donors (Lipinski definition) is 1. The van der Waals surface area contributed by atoms with Gasteiger partial charge >= 0.3 is 0 Å². The van der Waals surface area contributed by atoms with Crippen molar-refractivity contribution in [3.63, 3.8) is 0 Å². The van der Waals surface area contributed by atoms with Crippen LogP contribution >= 0.6 is 15.9 Å². The molecule has 0 aromatic heterocycles. The van der Waals surface area contributed by atoms with Gasteiger partial charge in [0.15, 0.2) is 0 Å². The van der Waals surface area contributed by atoms with Gasteiger partial charge in [-0.05, 0) is 58.6 Å². The largest absolute Gasteiger partial charge is 0.379 e. The zero-order valence-electron chi connectivity index (χ0n) is 11.8. The average molecular weight is 349 g/mol. The molecule has 3 rings (SSSR count). The summed E-state index contributed by atoms with van der Waals surface area (Å²) in [6, 6.07) is 13.5. The van der Waals surface area contributed by atoms with Crippen molar-refractivity contribution < 1.29 is 4.39 Å². The highest BCUT2D eigenvalue weighted by Gasteiger charge is 2.15. The van der Waals surface area contributed by atoms with E-state index in [0.717, 1.165) is 24.3 Å². The number of para-hydroxylation sites is 2. The van der Waals surface area contributed by atoms with E-state index in [2.05, 4.69) is 44.3 Å². The number of benzene rings is 2. The van der Waals surface area contributed by atoms with Gasteiger partial charge in [-0.3, -0.25) is 0 Å². The van der Waals surface area contributed by atoms with Gasteiger partial charge in [-0.25, -0.2) is 4.39 Å². The summed E-state index contributed by atoms with van der Waals surface area (Å²) in [5.74, 6) is -0.226. The summed E-state index contributed by atoms with van der Waals surface area (Å²) in [6.45, 7) is 2.94. The Kier molecular flexibility index (Phi) is 4.44. The van der Waals surface area contributed by atoms with Crippen LogP contribution in [0.3, 0.4) is 0 Å². The van der Waals surface area contributed by atoms with Crippen molar-refractivity contribution in [1.82, 2.24) is 0 Å². The van der Waals surface area contributed by atoms with Gasteiger partial charge in [0, 0.05) is 19.6 Å². The zero-order valence-corrected chi connectivity index (χ0v) is 13.4. The molecule has 0 bridgehead atoms. The summed E-state index contributed by atoms with van der Waals surface area (Å²) >= 11 is 3.23. The fraction of sp³-hybridized carbons (Fsp3) is 0.294. The second-order valence-electron chi connectivity index (χ2n) is 5.31. The van der Waals surface area contributed by atoms with Crippen LogP contribution in [0.4, 0.5) is 15.8 Å². The first-order valence-electron chi connectivity index (χ1n) is 7.26. The standard InChI is InChI=1S/C17H18BrFN2/c18-14-11-13(7-8-15(14)19)12-20-16-5-1-2-6-17(16)21-9-3-4-10-21/h1-2,5-8,11,20H,3-4,9-10,12H2. The van der Waals surface area contributed by atoms with Crippen LogP contribution in [0.2, 0.25) is 0 Å². The highest BCUT2D eigenvalue weighted by atomic mass is 79.9. The molecular weight excluding hydrogens is 331 g/mol.